The van der Waals surface area contributed by atoms with Crippen molar-refractivity contribution in [3.05, 3.63) is 33.3 Å². The van der Waals surface area contributed by atoms with E-state index in [9.17, 15) is 0 Å². The van der Waals surface area contributed by atoms with Gasteiger partial charge in [0.05, 0.1) is 5.60 Å². The Kier molecular flexibility index (Phi) is 3.95. The first-order valence-corrected chi connectivity index (χ1v) is 8.46. The molecule has 20 heavy (non-hydrogen) atoms. The second kappa shape index (κ2) is 5.43. The summed E-state index contributed by atoms with van der Waals surface area (Å²) in [6.45, 7) is 5.17. The van der Waals surface area contributed by atoms with Crippen LogP contribution in [0.5, 0.6) is 0 Å². The van der Waals surface area contributed by atoms with Gasteiger partial charge >= 0.3 is 0 Å². The standard InChI is InChI=1S/C17H24BrNO/c1-11-8-14(9-12(2)15(11)18)16(19)13-4-7-20-17(10-13)5-3-6-17/h8-9,13,16H,3-7,10,19H2,1-2H3. The summed E-state index contributed by atoms with van der Waals surface area (Å²) < 4.78 is 7.23. The van der Waals surface area contributed by atoms with Crippen molar-refractivity contribution in [1.82, 2.24) is 0 Å². The molecule has 2 atom stereocenters. The molecule has 1 heterocycles. The fourth-order valence-electron chi connectivity index (χ4n) is 3.74. The average Bonchev–Trinajstić information content (AvgIpc) is 2.42. The van der Waals surface area contributed by atoms with Gasteiger partial charge in [-0.2, -0.15) is 0 Å². The fraction of sp³-hybridized carbons (Fsp3) is 0.647. The molecule has 2 fully saturated rings. The van der Waals surface area contributed by atoms with Crippen LogP contribution in [0.4, 0.5) is 0 Å². The van der Waals surface area contributed by atoms with Crippen LogP contribution in [0.1, 0.15) is 54.8 Å². The van der Waals surface area contributed by atoms with E-state index in [2.05, 4.69) is 41.9 Å². The van der Waals surface area contributed by atoms with Gasteiger partial charge in [-0.3, -0.25) is 0 Å². The third-order valence-electron chi connectivity index (χ3n) is 5.15. The summed E-state index contributed by atoms with van der Waals surface area (Å²) in [5.74, 6) is 0.559. The van der Waals surface area contributed by atoms with Crippen LogP contribution in [-0.2, 0) is 4.74 Å². The van der Waals surface area contributed by atoms with Crippen LogP contribution in [0.3, 0.4) is 0 Å². The Morgan fingerprint density at radius 2 is 1.95 bits per heavy atom. The second-order valence-corrected chi connectivity index (χ2v) is 7.43. The molecule has 2 unspecified atom stereocenters. The largest absolute Gasteiger partial charge is 0.375 e. The van der Waals surface area contributed by atoms with Gasteiger partial charge in [0.1, 0.15) is 0 Å². The summed E-state index contributed by atoms with van der Waals surface area (Å²) >= 11 is 3.64. The molecule has 0 bridgehead atoms. The molecule has 0 amide bonds. The Labute approximate surface area is 130 Å². The molecule has 3 heteroatoms. The summed E-state index contributed by atoms with van der Waals surface area (Å²) in [5, 5.41) is 0. The van der Waals surface area contributed by atoms with Crippen molar-refractivity contribution in [1.29, 1.82) is 0 Å². The lowest BCUT2D eigenvalue weighted by Gasteiger charge is -2.48. The van der Waals surface area contributed by atoms with Gasteiger partial charge in [0.15, 0.2) is 0 Å². The van der Waals surface area contributed by atoms with Crippen molar-refractivity contribution < 1.29 is 4.74 Å². The third kappa shape index (κ3) is 2.56. The maximum absolute atomic E-state index is 6.59. The number of benzene rings is 1. The topological polar surface area (TPSA) is 35.2 Å². The van der Waals surface area contributed by atoms with Gasteiger partial charge in [-0.05, 0) is 68.6 Å². The van der Waals surface area contributed by atoms with E-state index in [1.165, 1.54) is 40.4 Å². The lowest BCUT2D eigenvalue weighted by atomic mass is 9.70. The maximum Gasteiger partial charge on any atom is 0.0686 e. The highest BCUT2D eigenvalue weighted by Crippen LogP contribution is 2.46. The molecule has 0 radical (unpaired) electrons. The van der Waals surface area contributed by atoms with Gasteiger partial charge in [0.2, 0.25) is 0 Å². The molecule has 2 aliphatic rings. The first kappa shape index (κ1) is 14.6. The van der Waals surface area contributed by atoms with E-state index >= 15 is 0 Å². The van der Waals surface area contributed by atoms with E-state index < -0.39 is 0 Å². The monoisotopic (exact) mass is 337 g/mol. The molecule has 1 saturated heterocycles. The van der Waals surface area contributed by atoms with Gasteiger partial charge in [-0.25, -0.2) is 0 Å². The average molecular weight is 338 g/mol. The molecule has 1 spiro atoms. The second-order valence-electron chi connectivity index (χ2n) is 6.63. The van der Waals surface area contributed by atoms with Crippen molar-refractivity contribution in [2.75, 3.05) is 6.61 Å². The van der Waals surface area contributed by atoms with Crippen LogP contribution >= 0.6 is 15.9 Å². The minimum absolute atomic E-state index is 0.141. The van der Waals surface area contributed by atoms with Gasteiger partial charge in [-0.15, -0.1) is 0 Å². The molecular formula is C17H24BrNO. The van der Waals surface area contributed by atoms with Crippen LogP contribution in [0.2, 0.25) is 0 Å². The number of nitrogens with two attached hydrogens (primary N) is 1. The summed E-state index contributed by atoms with van der Waals surface area (Å²) in [5.41, 5.74) is 10.6. The normalized spacial score (nSPS) is 26.3. The first-order valence-electron chi connectivity index (χ1n) is 7.67. The Morgan fingerprint density at radius 3 is 2.50 bits per heavy atom. The molecule has 3 rings (SSSR count). The van der Waals surface area contributed by atoms with Crippen molar-refractivity contribution in [3.8, 4) is 0 Å². The van der Waals surface area contributed by atoms with Gasteiger partial charge in [-0.1, -0.05) is 28.1 Å². The molecule has 1 aliphatic heterocycles. The summed E-state index contributed by atoms with van der Waals surface area (Å²) in [6.07, 6.45) is 6.01. The Balaban J connectivity index is 1.79. The van der Waals surface area contributed by atoms with Crippen LogP contribution in [-0.4, -0.2) is 12.2 Å². The third-order valence-corrected chi connectivity index (χ3v) is 6.40. The zero-order chi connectivity index (χ0) is 14.3. The van der Waals surface area contributed by atoms with Crippen LogP contribution in [0.15, 0.2) is 16.6 Å². The van der Waals surface area contributed by atoms with E-state index in [0.717, 1.165) is 19.4 Å². The quantitative estimate of drug-likeness (QED) is 0.867. The minimum atomic E-state index is 0.141. The van der Waals surface area contributed by atoms with Gasteiger partial charge in [0.25, 0.3) is 0 Å². The highest BCUT2D eigenvalue weighted by atomic mass is 79.9. The van der Waals surface area contributed by atoms with E-state index in [1.54, 1.807) is 0 Å². The highest BCUT2D eigenvalue weighted by molar-refractivity contribution is 9.10. The number of hydrogen-bond donors (Lipinski definition) is 1. The summed E-state index contributed by atoms with van der Waals surface area (Å²) in [4.78, 5) is 0. The van der Waals surface area contributed by atoms with E-state index in [1.807, 2.05) is 0 Å². The molecule has 1 aromatic rings. The molecule has 1 aliphatic carbocycles. The first-order chi connectivity index (χ1) is 9.51. The predicted octanol–water partition coefficient (Wildman–Crippen LogP) is 4.42. The summed E-state index contributed by atoms with van der Waals surface area (Å²) in [7, 11) is 0. The SMILES string of the molecule is Cc1cc(C(N)C2CCOC3(CCC3)C2)cc(C)c1Br. The lowest BCUT2D eigenvalue weighted by molar-refractivity contribution is -0.146. The maximum atomic E-state index is 6.59. The zero-order valence-corrected chi connectivity index (χ0v) is 14.0. The Morgan fingerprint density at radius 1 is 1.30 bits per heavy atom. The number of hydrogen-bond acceptors (Lipinski definition) is 2. The number of halogens is 1. The molecule has 110 valence electrons. The smallest absolute Gasteiger partial charge is 0.0686 e. The molecule has 1 aromatic carbocycles. The molecule has 2 N–H and O–H groups in total. The van der Waals surface area contributed by atoms with Gasteiger partial charge in [0, 0.05) is 17.1 Å². The van der Waals surface area contributed by atoms with Crippen molar-refractivity contribution in [3.63, 3.8) is 0 Å². The fourth-order valence-corrected chi connectivity index (χ4v) is 3.96. The number of ether oxygens (including phenoxy) is 1. The molecular weight excluding hydrogens is 314 g/mol. The van der Waals surface area contributed by atoms with E-state index in [0.29, 0.717) is 5.92 Å². The van der Waals surface area contributed by atoms with Crippen molar-refractivity contribution >= 4 is 15.9 Å². The van der Waals surface area contributed by atoms with Crippen LogP contribution in [0.25, 0.3) is 0 Å². The Bertz CT molecular complexity index is 487. The molecule has 2 nitrogen and oxygen atoms in total. The van der Waals surface area contributed by atoms with Crippen LogP contribution < -0.4 is 5.73 Å². The molecule has 1 saturated carbocycles. The van der Waals surface area contributed by atoms with E-state index in [4.69, 9.17) is 10.5 Å². The zero-order valence-electron chi connectivity index (χ0n) is 12.4. The summed E-state index contributed by atoms with van der Waals surface area (Å²) in [6, 6.07) is 4.62. The van der Waals surface area contributed by atoms with Crippen molar-refractivity contribution in [2.24, 2.45) is 11.7 Å². The highest BCUT2D eigenvalue weighted by Gasteiger charge is 2.43. The Hall–Kier alpha value is -0.380. The van der Waals surface area contributed by atoms with E-state index in [-0.39, 0.29) is 11.6 Å². The minimum Gasteiger partial charge on any atom is -0.375 e. The predicted molar refractivity (Wildman–Crippen MR) is 85.8 cm³/mol. The van der Waals surface area contributed by atoms with Crippen LogP contribution in [0, 0.1) is 19.8 Å². The van der Waals surface area contributed by atoms with Gasteiger partial charge < -0.3 is 10.5 Å². The number of rotatable bonds is 2. The lowest BCUT2D eigenvalue weighted by Crippen LogP contribution is -2.47. The molecule has 0 aromatic heterocycles. The number of aryl methyl sites for hydroxylation is 2. The van der Waals surface area contributed by atoms with Crippen molar-refractivity contribution in [2.45, 2.75) is 57.6 Å².